The van der Waals surface area contributed by atoms with E-state index in [4.69, 9.17) is 9.47 Å². The first kappa shape index (κ1) is 32.4. The van der Waals surface area contributed by atoms with Gasteiger partial charge in [-0.25, -0.2) is 0 Å². The zero-order chi connectivity index (χ0) is 32.6. The van der Waals surface area contributed by atoms with Crippen molar-refractivity contribution in [3.8, 4) is 11.1 Å². The van der Waals surface area contributed by atoms with E-state index < -0.39 is 6.29 Å². The fourth-order valence-electron chi connectivity index (χ4n) is 6.16. The van der Waals surface area contributed by atoms with Crippen LogP contribution in [0.5, 0.6) is 0 Å². The number of carbonyl (C=O) groups is 1. The van der Waals surface area contributed by atoms with Crippen LogP contribution in [0.2, 0.25) is 0 Å². The highest BCUT2D eigenvalue weighted by Crippen LogP contribution is 2.42. The Labute approximate surface area is 277 Å². The molecule has 4 atom stereocenters. The number of ether oxygens (including phenoxy) is 2. The van der Waals surface area contributed by atoms with Crippen molar-refractivity contribution in [1.82, 2.24) is 10.2 Å². The molecule has 1 amide bonds. The monoisotopic (exact) mass is 626 g/mol. The van der Waals surface area contributed by atoms with Crippen molar-refractivity contribution in [3.63, 3.8) is 0 Å². The van der Waals surface area contributed by atoms with Crippen LogP contribution in [0.3, 0.4) is 0 Å². The Morgan fingerprint density at radius 3 is 2.09 bits per heavy atom. The molecule has 47 heavy (non-hydrogen) atoms. The maximum Gasteiger partial charge on any atom is 0.251 e. The van der Waals surface area contributed by atoms with Crippen molar-refractivity contribution in [3.05, 3.63) is 167 Å². The molecule has 5 aromatic rings. The van der Waals surface area contributed by atoms with Crippen molar-refractivity contribution >= 4 is 5.91 Å². The van der Waals surface area contributed by atoms with Crippen LogP contribution in [0.25, 0.3) is 11.1 Å². The number of carbonyl (C=O) groups excluding carboxylic acids is 1. The van der Waals surface area contributed by atoms with Gasteiger partial charge in [0.25, 0.3) is 5.91 Å². The molecular formula is C41H42N2O4. The van der Waals surface area contributed by atoms with Gasteiger partial charge in [-0.3, -0.25) is 9.69 Å². The van der Waals surface area contributed by atoms with Gasteiger partial charge in [0.1, 0.15) is 0 Å². The highest BCUT2D eigenvalue weighted by molar-refractivity contribution is 5.94. The van der Waals surface area contributed by atoms with Gasteiger partial charge in [0.15, 0.2) is 6.29 Å². The Hall–Kier alpha value is -4.59. The number of hydrogen-bond acceptors (Lipinski definition) is 5. The lowest BCUT2D eigenvalue weighted by molar-refractivity contribution is -0.276. The minimum Gasteiger partial charge on any atom is -0.392 e. The number of likely N-dealkylation sites (N-methyl/N-ethyl adjacent to an activating group) is 1. The van der Waals surface area contributed by atoms with Gasteiger partial charge in [-0.2, -0.15) is 0 Å². The van der Waals surface area contributed by atoms with E-state index in [1.807, 2.05) is 60.7 Å². The van der Waals surface area contributed by atoms with E-state index in [0.29, 0.717) is 12.1 Å². The van der Waals surface area contributed by atoms with Crippen LogP contribution in [0.4, 0.5) is 0 Å². The van der Waals surface area contributed by atoms with Gasteiger partial charge in [0.05, 0.1) is 18.8 Å². The highest BCUT2D eigenvalue weighted by Gasteiger charge is 2.38. The Morgan fingerprint density at radius 2 is 1.38 bits per heavy atom. The van der Waals surface area contributed by atoms with Crippen LogP contribution < -0.4 is 5.32 Å². The van der Waals surface area contributed by atoms with E-state index in [0.717, 1.165) is 46.5 Å². The van der Waals surface area contributed by atoms with Gasteiger partial charge in [-0.1, -0.05) is 122 Å². The van der Waals surface area contributed by atoms with Crippen molar-refractivity contribution in [2.45, 2.75) is 45.1 Å². The summed E-state index contributed by atoms with van der Waals surface area (Å²) in [5, 5.41) is 12.6. The molecule has 0 aromatic heterocycles. The van der Waals surface area contributed by atoms with E-state index in [1.54, 1.807) is 0 Å². The second kappa shape index (κ2) is 15.3. The minimum absolute atomic E-state index is 0.0115. The van der Waals surface area contributed by atoms with E-state index >= 15 is 0 Å². The smallest absolute Gasteiger partial charge is 0.251 e. The average Bonchev–Trinajstić information content (AvgIpc) is 3.12. The van der Waals surface area contributed by atoms with Crippen molar-refractivity contribution in [2.75, 3.05) is 13.6 Å². The van der Waals surface area contributed by atoms with Gasteiger partial charge >= 0.3 is 0 Å². The number of hydrogen-bond donors (Lipinski definition) is 2. The molecule has 2 N–H and O–H groups in total. The third kappa shape index (κ3) is 8.23. The molecule has 0 unspecified atom stereocenters. The summed E-state index contributed by atoms with van der Waals surface area (Å²) in [5.74, 6) is 0.0169. The number of nitrogens with one attached hydrogen (secondary N) is 1. The average molecular weight is 627 g/mol. The van der Waals surface area contributed by atoms with E-state index in [-0.39, 0.29) is 30.6 Å². The first-order valence-electron chi connectivity index (χ1n) is 16.2. The minimum atomic E-state index is -0.530. The quantitative estimate of drug-likeness (QED) is 0.157. The van der Waals surface area contributed by atoms with Crippen molar-refractivity contribution < 1.29 is 19.4 Å². The summed E-state index contributed by atoms with van der Waals surface area (Å²) in [5.41, 5.74) is 8.00. The lowest BCUT2D eigenvalue weighted by Crippen LogP contribution is -2.43. The van der Waals surface area contributed by atoms with Crippen LogP contribution in [-0.4, -0.2) is 35.6 Å². The predicted molar refractivity (Wildman–Crippen MR) is 185 cm³/mol. The van der Waals surface area contributed by atoms with Gasteiger partial charge in [-0.15, -0.1) is 0 Å². The lowest BCUT2D eigenvalue weighted by atomic mass is 9.90. The molecule has 1 aliphatic rings. The Bertz CT molecular complexity index is 1730. The molecule has 1 heterocycles. The third-order valence-corrected chi connectivity index (χ3v) is 8.84. The summed E-state index contributed by atoms with van der Waals surface area (Å²) in [6.07, 6.45) is -0.760. The van der Waals surface area contributed by atoms with Crippen molar-refractivity contribution in [1.29, 1.82) is 0 Å². The number of nitrogens with zero attached hydrogens (tertiary/aromatic N) is 1. The number of aliphatic hydroxyl groups excluding tert-OH is 1. The molecule has 1 aliphatic heterocycles. The molecule has 0 bridgehead atoms. The molecule has 6 rings (SSSR count). The van der Waals surface area contributed by atoms with Crippen LogP contribution in [0.1, 0.15) is 57.5 Å². The van der Waals surface area contributed by atoms with Gasteiger partial charge in [-0.05, 0) is 58.6 Å². The zero-order valence-corrected chi connectivity index (χ0v) is 27.0. The number of aliphatic hydroxyl groups is 1. The summed E-state index contributed by atoms with van der Waals surface area (Å²) in [6, 6.07) is 44.4. The van der Waals surface area contributed by atoms with E-state index in [2.05, 4.69) is 97.0 Å². The molecule has 5 aromatic carbocycles. The summed E-state index contributed by atoms with van der Waals surface area (Å²) >= 11 is 0. The first-order valence-corrected chi connectivity index (χ1v) is 16.2. The molecule has 6 heteroatoms. The van der Waals surface area contributed by atoms with E-state index in [9.17, 15) is 9.90 Å². The molecule has 1 saturated heterocycles. The lowest BCUT2D eigenvalue weighted by Gasteiger charge is -2.42. The standard InChI is InChI=1S/C41H42N2O4/c1-29-38(27-43(2)26-30-10-5-3-6-11-30)46-41(47-39(29)34-18-16-31(28-44)17-19-34)36-22-20-33(21-23-36)37-15-9-12-32(24-37)25-42-40(45)35-13-7-4-8-14-35/h3-24,29,38-39,41,44H,25-28H2,1-2H3,(H,42,45)/t29-,38+,39+,41+/m0/s1. The summed E-state index contributed by atoms with van der Waals surface area (Å²) in [4.78, 5) is 14.8. The summed E-state index contributed by atoms with van der Waals surface area (Å²) in [7, 11) is 2.13. The molecule has 240 valence electrons. The third-order valence-electron chi connectivity index (χ3n) is 8.84. The molecular weight excluding hydrogens is 584 g/mol. The SMILES string of the molecule is C[C@H]1[C@@H](CN(C)Cc2ccccc2)O[C@@H](c2ccc(-c3cccc(CNC(=O)c4ccccc4)c3)cc2)O[C@H]1c1ccc(CO)cc1. The van der Waals surface area contributed by atoms with Gasteiger partial charge < -0.3 is 19.9 Å². The number of benzene rings is 5. The Balaban J connectivity index is 1.18. The molecule has 1 fully saturated rings. The fourth-order valence-corrected chi connectivity index (χ4v) is 6.16. The predicted octanol–water partition coefficient (Wildman–Crippen LogP) is 7.70. The van der Waals surface area contributed by atoms with Gasteiger partial charge in [0, 0.05) is 36.7 Å². The molecule has 0 spiro atoms. The first-order chi connectivity index (χ1) is 23.0. The number of rotatable bonds is 11. The summed E-state index contributed by atoms with van der Waals surface area (Å²) < 4.78 is 13.4. The molecule has 0 saturated carbocycles. The van der Waals surface area contributed by atoms with Gasteiger partial charge in [0.2, 0.25) is 0 Å². The van der Waals surface area contributed by atoms with E-state index in [1.165, 1.54) is 5.56 Å². The fraction of sp³-hybridized carbons (Fsp3) is 0.244. The summed E-state index contributed by atoms with van der Waals surface area (Å²) in [6.45, 7) is 4.24. The second-order valence-corrected chi connectivity index (χ2v) is 12.4. The largest absolute Gasteiger partial charge is 0.392 e. The maximum absolute atomic E-state index is 12.5. The number of amides is 1. The molecule has 0 aliphatic carbocycles. The maximum atomic E-state index is 12.5. The Morgan fingerprint density at radius 1 is 0.723 bits per heavy atom. The van der Waals surface area contributed by atoms with Crippen LogP contribution in [-0.2, 0) is 29.2 Å². The highest BCUT2D eigenvalue weighted by atomic mass is 16.7. The topological polar surface area (TPSA) is 71.0 Å². The zero-order valence-electron chi connectivity index (χ0n) is 27.0. The van der Waals surface area contributed by atoms with Crippen LogP contribution >= 0.6 is 0 Å². The van der Waals surface area contributed by atoms with Crippen LogP contribution in [0.15, 0.2) is 133 Å². The second-order valence-electron chi connectivity index (χ2n) is 12.4. The Kier molecular flexibility index (Phi) is 10.6. The normalized spacial score (nSPS) is 19.4. The van der Waals surface area contributed by atoms with Crippen molar-refractivity contribution in [2.24, 2.45) is 5.92 Å². The molecule has 0 radical (unpaired) electrons. The molecule has 6 nitrogen and oxygen atoms in total. The van der Waals surface area contributed by atoms with Crippen LogP contribution in [0, 0.1) is 5.92 Å².